The minimum Gasteiger partial charge on any atom is -0.497 e. The maximum absolute atomic E-state index is 14.0. The van der Waals surface area contributed by atoms with Gasteiger partial charge in [-0.05, 0) is 66.3 Å². The van der Waals surface area contributed by atoms with Crippen molar-refractivity contribution in [3.63, 3.8) is 0 Å². The molecule has 1 atom stereocenters. The van der Waals surface area contributed by atoms with E-state index < -0.39 is 28.5 Å². The molecule has 0 saturated carbocycles. The Morgan fingerprint density at radius 2 is 1.46 bits per heavy atom. The standard InChI is InChI=1S/C32H41N3O5S/c1-23(2)20-33-32(37)25(5)34(21-26-12-18-29(40-6)19-13-26)31(36)22-35(28-16-14-27(15-17-28)24(3)4)41(38,39)30-10-8-7-9-11-30/h7-19,23-25H,20-22H2,1-6H3,(H,33,37)/t25-/m1/s1. The lowest BCUT2D eigenvalue weighted by Crippen LogP contribution is -2.51. The Bertz CT molecular complexity index is 1390. The molecular formula is C32H41N3O5S. The molecule has 8 nitrogen and oxygen atoms in total. The third-order valence-electron chi connectivity index (χ3n) is 6.82. The van der Waals surface area contributed by atoms with Crippen molar-refractivity contribution < 1.29 is 22.7 Å². The molecule has 0 fully saturated rings. The first kappa shape index (κ1) is 31.7. The number of nitrogens with one attached hydrogen (secondary N) is 1. The summed E-state index contributed by atoms with van der Waals surface area (Å²) in [6.07, 6.45) is 0. The number of methoxy groups -OCH3 is 1. The van der Waals surface area contributed by atoms with Crippen molar-refractivity contribution >= 4 is 27.5 Å². The molecule has 2 amide bonds. The van der Waals surface area contributed by atoms with Crippen LogP contribution in [0, 0.1) is 5.92 Å². The zero-order valence-corrected chi connectivity index (χ0v) is 25.5. The Morgan fingerprint density at radius 3 is 2.00 bits per heavy atom. The Morgan fingerprint density at radius 1 is 0.854 bits per heavy atom. The molecule has 0 unspecified atom stereocenters. The summed E-state index contributed by atoms with van der Waals surface area (Å²) in [6, 6.07) is 21.6. The molecule has 0 saturated heterocycles. The van der Waals surface area contributed by atoms with E-state index in [1.165, 1.54) is 17.0 Å². The van der Waals surface area contributed by atoms with E-state index in [2.05, 4.69) is 19.2 Å². The Kier molecular flexibility index (Phi) is 10.9. The van der Waals surface area contributed by atoms with Crippen LogP contribution < -0.4 is 14.4 Å². The zero-order valence-electron chi connectivity index (χ0n) is 24.7. The number of rotatable bonds is 13. The number of anilines is 1. The first-order valence-corrected chi connectivity index (χ1v) is 15.3. The summed E-state index contributed by atoms with van der Waals surface area (Å²) < 4.78 is 34.1. The second-order valence-electron chi connectivity index (χ2n) is 10.8. The van der Waals surface area contributed by atoms with Gasteiger partial charge < -0.3 is 15.0 Å². The van der Waals surface area contributed by atoms with Gasteiger partial charge in [-0.3, -0.25) is 13.9 Å². The van der Waals surface area contributed by atoms with Crippen LogP contribution in [-0.2, 0) is 26.2 Å². The Labute approximate surface area is 244 Å². The van der Waals surface area contributed by atoms with Gasteiger partial charge in [0.1, 0.15) is 18.3 Å². The van der Waals surface area contributed by atoms with Gasteiger partial charge in [-0.2, -0.15) is 0 Å². The molecule has 0 aliphatic heterocycles. The highest BCUT2D eigenvalue weighted by atomic mass is 32.2. The molecule has 0 aliphatic carbocycles. The minimum absolute atomic E-state index is 0.0742. The number of ether oxygens (including phenoxy) is 1. The molecule has 0 spiro atoms. The van der Waals surface area contributed by atoms with Crippen LogP contribution >= 0.6 is 0 Å². The summed E-state index contributed by atoms with van der Waals surface area (Å²) in [5.41, 5.74) is 2.20. The highest BCUT2D eigenvalue weighted by Gasteiger charge is 2.32. The van der Waals surface area contributed by atoms with Gasteiger partial charge >= 0.3 is 0 Å². The van der Waals surface area contributed by atoms with Crippen molar-refractivity contribution in [3.05, 3.63) is 90.0 Å². The van der Waals surface area contributed by atoms with Crippen LogP contribution in [0.1, 0.15) is 51.7 Å². The van der Waals surface area contributed by atoms with Crippen LogP contribution in [0.4, 0.5) is 5.69 Å². The van der Waals surface area contributed by atoms with Crippen molar-refractivity contribution in [2.75, 3.05) is 24.5 Å². The highest BCUT2D eigenvalue weighted by molar-refractivity contribution is 7.92. The van der Waals surface area contributed by atoms with Crippen molar-refractivity contribution in [3.8, 4) is 5.75 Å². The fraction of sp³-hybridized carbons (Fsp3) is 0.375. The number of carbonyl (C=O) groups excluding carboxylic acids is 2. The largest absolute Gasteiger partial charge is 0.497 e. The van der Waals surface area contributed by atoms with Gasteiger partial charge in [-0.15, -0.1) is 0 Å². The van der Waals surface area contributed by atoms with Crippen LogP contribution in [-0.4, -0.2) is 51.4 Å². The summed E-state index contributed by atoms with van der Waals surface area (Å²) in [5.74, 6) is 0.353. The van der Waals surface area contributed by atoms with Crippen LogP contribution in [0.2, 0.25) is 0 Å². The molecule has 0 heterocycles. The molecular weight excluding hydrogens is 538 g/mol. The van der Waals surface area contributed by atoms with Crippen LogP contribution in [0.5, 0.6) is 5.75 Å². The van der Waals surface area contributed by atoms with E-state index >= 15 is 0 Å². The number of nitrogens with zero attached hydrogens (tertiary/aromatic N) is 2. The first-order valence-electron chi connectivity index (χ1n) is 13.8. The van der Waals surface area contributed by atoms with Gasteiger partial charge in [0.05, 0.1) is 17.7 Å². The molecule has 0 bridgehead atoms. The lowest BCUT2D eigenvalue weighted by molar-refractivity contribution is -0.139. The van der Waals surface area contributed by atoms with Gasteiger partial charge in [0.15, 0.2) is 0 Å². The fourth-order valence-electron chi connectivity index (χ4n) is 4.24. The van der Waals surface area contributed by atoms with Crippen LogP contribution in [0.25, 0.3) is 0 Å². The molecule has 0 aliphatic rings. The lowest BCUT2D eigenvalue weighted by atomic mass is 10.0. The van der Waals surface area contributed by atoms with E-state index in [0.717, 1.165) is 15.4 Å². The molecule has 3 aromatic rings. The van der Waals surface area contributed by atoms with Crippen molar-refractivity contribution in [2.24, 2.45) is 5.92 Å². The molecule has 3 rings (SSSR count). The second kappa shape index (κ2) is 14.2. The average Bonchev–Trinajstić information content (AvgIpc) is 2.97. The Hall–Kier alpha value is -3.85. The van der Waals surface area contributed by atoms with Crippen molar-refractivity contribution in [1.82, 2.24) is 10.2 Å². The number of hydrogen-bond donors (Lipinski definition) is 1. The average molecular weight is 580 g/mol. The van der Waals surface area contributed by atoms with Crippen LogP contribution in [0.3, 0.4) is 0 Å². The molecule has 3 aromatic carbocycles. The quantitative estimate of drug-likeness (QED) is 0.300. The molecule has 41 heavy (non-hydrogen) atoms. The summed E-state index contributed by atoms with van der Waals surface area (Å²) in [7, 11) is -2.53. The summed E-state index contributed by atoms with van der Waals surface area (Å²) in [5, 5.41) is 2.89. The molecule has 0 aromatic heterocycles. The topological polar surface area (TPSA) is 96.0 Å². The second-order valence-corrected chi connectivity index (χ2v) is 12.6. The lowest BCUT2D eigenvalue weighted by Gasteiger charge is -2.32. The molecule has 9 heteroatoms. The molecule has 0 radical (unpaired) electrons. The van der Waals surface area contributed by atoms with E-state index in [-0.39, 0.29) is 29.2 Å². The smallest absolute Gasteiger partial charge is 0.264 e. The third-order valence-corrected chi connectivity index (χ3v) is 8.61. The fourth-order valence-corrected chi connectivity index (χ4v) is 5.67. The monoisotopic (exact) mass is 579 g/mol. The SMILES string of the molecule is COc1ccc(CN(C(=O)CN(c2ccc(C(C)C)cc2)S(=O)(=O)c2ccccc2)[C@H](C)C(=O)NCC(C)C)cc1. The summed E-state index contributed by atoms with van der Waals surface area (Å²) >= 11 is 0. The maximum Gasteiger partial charge on any atom is 0.264 e. The molecule has 220 valence electrons. The van der Waals surface area contributed by atoms with Gasteiger partial charge in [0, 0.05) is 13.1 Å². The van der Waals surface area contributed by atoms with Gasteiger partial charge in [-0.1, -0.05) is 70.2 Å². The highest BCUT2D eigenvalue weighted by Crippen LogP contribution is 2.26. The predicted octanol–water partition coefficient (Wildman–Crippen LogP) is 5.20. The maximum atomic E-state index is 14.0. The van der Waals surface area contributed by atoms with E-state index in [9.17, 15) is 18.0 Å². The van der Waals surface area contributed by atoms with E-state index in [1.54, 1.807) is 56.5 Å². The van der Waals surface area contributed by atoms with Gasteiger partial charge in [0.25, 0.3) is 10.0 Å². The Balaban J connectivity index is 2.01. The zero-order chi connectivity index (χ0) is 30.2. The minimum atomic E-state index is -4.10. The number of benzene rings is 3. The van der Waals surface area contributed by atoms with Gasteiger partial charge in [-0.25, -0.2) is 8.42 Å². The van der Waals surface area contributed by atoms with E-state index in [4.69, 9.17) is 4.74 Å². The number of hydrogen-bond acceptors (Lipinski definition) is 5. The first-order chi connectivity index (χ1) is 19.4. The number of amides is 2. The predicted molar refractivity (Wildman–Crippen MR) is 162 cm³/mol. The normalized spacial score (nSPS) is 12.2. The third kappa shape index (κ3) is 8.33. The van der Waals surface area contributed by atoms with Crippen molar-refractivity contribution in [2.45, 2.75) is 58.0 Å². The van der Waals surface area contributed by atoms with E-state index in [1.807, 2.05) is 38.1 Å². The van der Waals surface area contributed by atoms with Gasteiger partial charge in [0.2, 0.25) is 11.8 Å². The number of sulfonamides is 1. The molecule has 1 N–H and O–H groups in total. The summed E-state index contributed by atoms with van der Waals surface area (Å²) in [6.45, 7) is 9.85. The van der Waals surface area contributed by atoms with E-state index in [0.29, 0.717) is 18.0 Å². The van der Waals surface area contributed by atoms with Crippen LogP contribution in [0.15, 0.2) is 83.8 Å². The number of carbonyl (C=O) groups is 2. The van der Waals surface area contributed by atoms with Crippen molar-refractivity contribution in [1.29, 1.82) is 0 Å². The summed E-state index contributed by atoms with van der Waals surface area (Å²) in [4.78, 5) is 28.6.